The summed E-state index contributed by atoms with van der Waals surface area (Å²) in [5, 5.41) is 1.81. The second-order valence-corrected chi connectivity index (χ2v) is 5.65. The third-order valence-corrected chi connectivity index (χ3v) is 4.31. The Morgan fingerprint density at radius 2 is 2.05 bits per heavy atom. The first-order valence-corrected chi connectivity index (χ1v) is 7.25. The minimum Gasteiger partial charge on any atom is -0.340 e. The van der Waals surface area contributed by atoms with Gasteiger partial charge in [0.1, 0.15) is 17.0 Å². The first-order chi connectivity index (χ1) is 9.65. The number of carbonyl (C=O) groups is 2. The molecule has 104 valence electrons. The smallest absolute Gasteiger partial charge is 0.271 e. The lowest BCUT2D eigenvalue weighted by atomic mass is 10.1. The van der Waals surface area contributed by atoms with Crippen LogP contribution in [0, 0.1) is 0 Å². The highest BCUT2D eigenvalue weighted by Crippen LogP contribution is 2.13. The fourth-order valence-electron chi connectivity index (χ4n) is 2.24. The molecule has 0 spiro atoms. The van der Waals surface area contributed by atoms with E-state index in [-0.39, 0.29) is 23.8 Å². The molecule has 0 atom stereocenters. The largest absolute Gasteiger partial charge is 0.340 e. The molecule has 3 rings (SSSR count). The average Bonchev–Trinajstić information content (AvgIpc) is 2.92. The van der Waals surface area contributed by atoms with Crippen LogP contribution in [0.3, 0.4) is 0 Å². The molecule has 3 heterocycles. The zero-order valence-corrected chi connectivity index (χ0v) is 11.6. The van der Waals surface area contributed by atoms with Gasteiger partial charge < -0.3 is 4.90 Å². The van der Waals surface area contributed by atoms with E-state index in [0.29, 0.717) is 36.1 Å². The van der Waals surface area contributed by atoms with Crippen molar-refractivity contribution in [2.75, 3.05) is 13.1 Å². The van der Waals surface area contributed by atoms with E-state index in [4.69, 9.17) is 0 Å². The number of hydrogen-bond acceptors (Lipinski definition) is 5. The van der Waals surface area contributed by atoms with Crippen LogP contribution in [-0.2, 0) is 16.1 Å². The van der Waals surface area contributed by atoms with Crippen molar-refractivity contribution in [3.05, 3.63) is 28.1 Å². The van der Waals surface area contributed by atoms with Gasteiger partial charge in [-0.2, -0.15) is 0 Å². The third kappa shape index (κ3) is 2.36. The van der Waals surface area contributed by atoms with Crippen molar-refractivity contribution in [3.63, 3.8) is 0 Å². The number of likely N-dealkylation sites (tertiary alicyclic amines) is 1. The minimum atomic E-state index is -0.188. The summed E-state index contributed by atoms with van der Waals surface area (Å²) in [5.41, 5.74) is 0.471. The standard InChI is InChI=1S/C13H13N3O3S/c17-9-1-4-15(5-2-9)11(18)7-16-8-14-10-3-6-20-12(10)13(16)19/h3,6,8H,1-2,4-5,7H2. The molecule has 0 radical (unpaired) electrons. The molecule has 1 fully saturated rings. The quantitative estimate of drug-likeness (QED) is 0.814. The van der Waals surface area contributed by atoms with Gasteiger partial charge in [-0.1, -0.05) is 0 Å². The molecule has 2 aromatic heterocycles. The molecule has 0 bridgehead atoms. The highest BCUT2D eigenvalue weighted by molar-refractivity contribution is 7.17. The maximum absolute atomic E-state index is 12.2. The number of carbonyl (C=O) groups excluding carboxylic acids is 2. The third-order valence-electron chi connectivity index (χ3n) is 3.42. The number of fused-ring (bicyclic) bond motifs is 1. The summed E-state index contributed by atoms with van der Waals surface area (Å²) < 4.78 is 1.89. The monoisotopic (exact) mass is 291 g/mol. The molecule has 20 heavy (non-hydrogen) atoms. The Kier molecular flexibility index (Phi) is 3.35. The molecular formula is C13H13N3O3S. The van der Waals surface area contributed by atoms with Gasteiger partial charge >= 0.3 is 0 Å². The fraction of sp³-hybridized carbons (Fsp3) is 0.385. The summed E-state index contributed by atoms with van der Waals surface area (Å²) in [6.45, 7) is 0.871. The van der Waals surface area contributed by atoms with Crippen LogP contribution < -0.4 is 5.56 Å². The summed E-state index contributed by atoms with van der Waals surface area (Å²) in [6.07, 6.45) is 2.22. The lowest BCUT2D eigenvalue weighted by Gasteiger charge is -2.26. The molecule has 0 saturated carbocycles. The Balaban J connectivity index is 1.79. The number of Topliss-reactive ketones (excluding diaryl/α,β-unsaturated/α-hetero) is 1. The van der Waals surface area contributed by atoms with E-state index in [1.54, 1.807) is 11.0 Å². The maximum Gasteiger partial charge on any atom is 0.271 e. The fourth-order valence-corrected chi connectivity index (χ4v) is 3.04. The van der Waals surface area contributed by atoms with Crippen molar-refractivity contribution in [1.29, 1.82) is 0 Å². The minimum absolute atomic E-state index is 0.0200. The van der Waals surface area contributed by atoms with Crippen molar-refractivity contribution >= 4 is 33.2 Å². The predicted octanol–water partition coefficient (Wildman–Crippen LogP) is 0.649. The Hall–Kier alpha value is -2.02. The van der Waals surface area contributed by atoms with Gasteiger partial charge in [-0.05, 0) is 11.4 Å². The van der Waals surface area contributed by atoms with Gasteiger partial charge in [-0.15, -0.1) is 11.3 Å². The van der Waals surface area contributed by atoms with Crippen LogP contribution in [0.5, 0.6) is 0 Å². The van der Waals surface area contributed by atoms with Crippen LogP contribution in [-0.4, -0.2) is 39.2 Å². The average molecular weight is 291 g/mol. The number of aromatic nitrogens is 2. The van der Waals surface area contributed by atoms with Crippen LogP contribution in [0.4, 0.5) is 0 Å². The van der Waals surface area contributed by atoms with Gasteiger partial charge in [0.15, 0.2) is 0 Å². The molecule has 1 aliphatic heterocycles. The van der Waals surface area contributed by atoms with E-state index in [1.165, 1.54) is 22.2 Å². The molecule has 1 saturated heterocycles. The van der Waals surface area contributed by atoms with Gasteiger partial charge in [0.25, 0.3) is 5.56 Å². The molecular weight excluding hydrogens is 278 g/mol. The molecule has 0 unspecified atom stereocenters. The Morgan fingerprint density at radius 3 is 2.80 bits per heavy atom. The van der Waals surface area contributed by atoms with E-state index in [0.717, 1.165) is 0 Å². The number of ketones is 1. The molecule has 7 heteroatoms. The second kappa shape index (κ2) is 5.16. The normalized spacial score (nSPS) is 15.8. The van der Waals surface area contributed by atoms with E-state index in [2.05, 4.69) is 4.98 Å². The highest BCUT2D eigenvalue weighted by atomic mass is 32.1. The first-order valence-electron chi connectivity index (χ1n) is 6.37. The molecule has 1 aliphatic rings. The van der Waals surface area contributed by atoms with Crippen molar-refractivity contribution in [3.8, 4) is 0 Å². The van der Waals surface area contributed by atoms with E-state index in [9.17, 15) is 14.4 Å². The van der Waals surface area contributed by atoms with E-state index >= 15 is 0 Å². The summed E-state index contributed by atoms with van der Waals surface area (Å²) in [5.74, 6) is 0.0465. The molecule has 6 nitrogen and oxygen atoms in total. The Morgan fingerprint density at radius 1 is 1.30 bits per heavy atom. The number of rotatable bonds is 2. The van der Waals surface area contributed by atoms with Crippen LogP contribution in [0.2, 0.25) is 0 Å². The van der Waals surface area contributed by atoms with E-state index in [1.807, 2.05) is 5.38 Å². The molecule has 0 aromatic carbocycles. The van der Waals surface area contributed by atoms with E-state index < -0.39 is 0 Å². The zero-order chi connectivity index (χ0) is 14.1. The molecule has 1 amide bonds. The number of hydrogen-bond donors (Lipinski definition) is 0. The number of piperidine rings is 1. The van der Waals surface area contributed by atoms with Gasteiger partial charge in [-0.25, -0.2) is 4.98 Å². The van der Waals surface area contributed by atoms with Gasteiger partial charge in [-0.3, -0.25) is 19.0 Å². The van der Waals surface area contributed by atoms with Crippen molar-refractivity contribution < 1.29 is 9.59 Å². The SMILES string of the molecule is O=C1CCN(C(=O)Cn2cnc3ccsc3c2=O)CC1. The molecule has 2 aromatic rings. The first kappa shape index (κ1) is 13.0. The van der Waals surface area contributed by atoms with Gasteiger partial charge in [0.2, 0.25) is 5.91 Å². The summed E-state index contributed by atoms with van der Waals surface area (Å²) in [7, 11) is 0. The lowest BCUT2D eigenvalue weighted by Crippen LogP contribution is -2.41. The van der Waals surface area contributed by atoms with Crippen molar-refractivity contribution in [2.24, 2.45) is 0 Å². The maximum atomic E-state index is 12.2. The number of nitrogens with zero attached hydrogens (tertiary/aromatic N) is 3. The van der Waals surface area contributed by atoms with Crippen LogP contribution in [0.25, 0.3) is 10.2 Å². The summed E-state index contributed by atoms with van der Waals surface area (Å²) in [6, 6.07) is 1.78. The Labute approximate surface area is 118 Å². The summed E-state index contributed by atoms with van der Waals surface area (Å²) >= 11 is 1.33. The van der Waals surface area contributed by atoms with Gasteiger partial charge in [0.05, 0.1) is 11.8 Å². The molecule has 0 aliphatic carbocycles. The summed E-state index contributed by atoms with van der Waals surface area (Å²) in [4.78, 5) is 41.3. The zero-order valence-electron chi connectivity index (χ0n) is 10.7. The van der Waals surface area contributed by atoms with Gasteiger partial charge in [0, 0.05) is 25.9 Å². The van der Waals surface area contributed by atoms with Crippen molar-refractivity contribution in [1.82, 2.24) is 14.5 Å². The topological polar surface area (TPSA) is 72.3 Å². The lowest BCUT2D eigenvalue weighted by molar-refractivity contribution is -0.135. The highest BCUT2D eigenvalue weighted by Gasteiger charge is 2.21. The van der Waals surface area contributed by atoms with Crippen molar-refractivity contribution in [2.45, 2.75) is 19.4 Å². The number of amides is 1. The number of thiophene rings is 1. The van der Waals surface area contributed by atoms with Crippen LogP contribution in [0.15, 0.2) is 22.6 Å². The Bertz CT molecular complexity index is 724. The second-order valence-electron chi connectivity index (χ2n) is 4.73. The van der Waals surface area contributed by atoms with Crippen LogP contribution in [0.1, 0.15) is 12.8 Å². The van der Waals surface area contributed by atoms with Crippen LogP contribution >= 0.6 is 11.3 Å². The predicted molar refractivity (Wildman–Crippen MR) is 74.7 cm³/mol. The molecule has 0 N–H and O–H groups in total.